The summed E-state index contributed by atoms with van der Waals surface area (Å²) < 4.78 is 12.7. The summed E-state index contributed by atoms with van der Waals surface area (Å²) in [5, 5.41) is 13.7. The molecule has 1 heterocycles. The van der Waals surface area contributed by atoms with Crippen LogP contribution in [0.3, 0.4) is 0 Å². The van der Waals surface area contributed by atoms with E-state index in [1.165, 1.54) is 24.3 Å². The standard InChI is InChI=1S/C13H11ClFN3O2/c14-12-7-11(18(19)20)8-13(17-12)16-6-5-9-1-3-10(15)4-2-9/h1-4,7-8H,5-6H2,(H,16,17). The van der Waals surface area contributed by atoms with Crippen molar-refractivity contribution in [2.24, 2.45) is 0 Å². The molecule has 0 radical (unpaired) electrons. The fourth-order valence-electron chi connectivity index (χ4n) is 1.67. The van der Waals surface area contributed by atoms with Crippen molar-refractivity contribution >= 4 is 23.1 Å². The minimum atomic E-state index is -0.529. The highest BCUT2D eigenvalue weighted by molar-refractivity contribution is 6.29. The Morgan fingerprint density at radius 1 is 1.30 bits per heavy atom. The SMILES string of the molecule is O=[N+]([O-])c1cc(Cl)nc(NCCc2ccc(F)cc2)c1. The Kier molecular flexibility index (Phi) is 4.47. The predicted octanol–water partition coefficient (Wildman–Crippen LogP) is 3.44. The van der Waals surface area contributed by atoms with E-state index in [-0.39, 0.29) is 16.7 Å². The maximum Gasteiger partial charge on any atom is 0.276 e. The third-order valence-corrected chi connectivity index (χ3v) is 2.82. The van der Waals surface area contributed by atoms with Gasteiger partial charge < -0.3 is 5.32 Å². The monoisotopic (exact) mass is 295 g/mol. The van der Waals surface area contributed by atoms with E-state index in [4.69, 9.17) is 11.6 Å². The van der Waals surface area contributed by atoms with E-state index in [1.807, 2.05) is 0 Å². The van der Waals surface area contributed by atoms with Gasteiger partial charge in [-0.25, -0.2) is 9.37 Å². The van der Waals surface area contributed by atoms with Crippen molar-refractivity contribution in [3.8, 4) is 0 Å². The smallest absolute Gasteiger partial charge is 0.276 e. The molecule has 1 aromatic carbocycles. The average Bonchev–Trinajstić information content (AvgIpc) is 2.40. The second-order valence-electron chi connectivity index (χ2n) is 4.09. The molecule has 1 N–H and O–H groups in total. The largest absolute Gasteiger partial charge is 0.369 e. The molecule has 0 bridgehead atoms. The van der Waals surface area contributed by atoms with E-state index in [1.54, 1.807) is 12.1 Å². The summed E-state index contributed by atoms with van der Waals surface area (Å²) in [6.07, 6.45) is 0.641. The molecular formula is C13H11ClFN3O2. The zero-order valence-corrected chi connectivity index (χ0v) is 11.1. The summed E-state index contributed by atoms with van der Waals surface area (Å²) in [4.78, 5) is 14.1. The van der Waals surface area contributed by atoms with E-state index in [0.717, 1.165) is 5.56 Å². The Hall–Kier alpha value is -2.21. The molecule has 7 heteroatoms. The van der Waals surface area contributed by atoms with Crippen molar-refractivity contribution in [3.05, 3.63) is 63.0 Å². The highest BCUT2D eigenvalue weighted by Gasteiger charge is 2.09. The molecule has 104 valence electrons. The highest BCUT2D eigenvalue weighted by atomic mass is 35.5. The molecule has 0 atom stereocenters. The van der Waals surface area contributed by atoms with Gasteiger partial charge in [0.15, 0.2) is 0 Å². The minimum Gasteiger partial charge on any atom is -0.369 e. The van der Waals surface area contributed by atoms with Gasteiger partial charge in [-0.2, -0.15) is 0 Å². The van der Waals surface area contributed by atoms with Crippen molar-refractivity contribution < 1.29 is 9.31 Å². The van der Waals surface area contributed by atoms with E-state index < -0.39 is 4.92 Å². The van der Waals surface area contributed by atoms with Gasteiger partial charge in [-0.05, 0) is 24.1 Å². The number of aromatic nitrogens is 1. The lowest BCUT2D eigenvalue weighted by atomic mass is 10.1. The minimum absolute atomic E-state index is 0.0588. The number of nitrogens with one attached hydrogen (secondary N) is 1. The molecule has 0 amide bonds. The zero-order valence-electron chi connectivity index (χ0n) is 10.3. The van der Waals surface area contributed by atoms with Gasteiger partial charge in [-0.15, -0.1) is 0 Å². The number of nitro groups is 1. The van der Waals surface area contributed by atoms with Crippen LogP contribution >= 0.6 is 11.6 Å². The molecule has 2 rings (SSSR count). The van der Waals surface area contributed by atoms with Crippen LogP contribution in [0.1, 0.15) is 5.56 Å². The van der Waals surface area contributed by atoms with Gasteiger partial charge in [0.25, 0.3) is 5.69 Å². The summed E-state index contributed by atoms with van der Waals surface area (Å²) in [5.74, 6) is 0.0557. The van der Waals surface area contributed by atoms with E-state index in [9.17, 15) is 14.5 Å². The second-order valence-corrected chi connectivity index (χ2v) is 4.48. The van der Waals surface area contributed by atoms with Crippen molar-refractivity contribution in [1.82, 2.24) is 4.98 Å². The highest BCUT2D eigenvalue weighted by Crippen LogP contribution is 2.20. The molecule has 0 saturated heterocycles. The maximum absolute atomic E-state index is 12.7. The van der Waals surface area contributed by atoms with E-state index in [0.29, 0.717) is 18.8 Å². The fourth-order valence-corrected chi connectivity index (χ4v) is 1.87. The first-order valence-electron chi connectivity index (χ1n) is 5.85. The Bertz CT molecular complexity index is 620. The Morgan fingerprint density at radius 2 is 2.00 bits per heavy atom. The lowest BCUT2D eigenvalue weighted by Gasteiger charge is -2.06. The quantitative estimate of drug-likeness (QED) is 0.521. The average molecular weight is 296 g/mol. The van der Waals surface area contributed by atoms with Gasteiger partial charge in [0.1, 0.15) is 16.8 Å². The first-order chi connectivity index (χ1) is 9.54. The molecule has 0 aliphatic rings. The van der Waals surface area contributed by atoms with Crippen LogP contribution in [0.15, 0.2) is 36.4 Å². The number of benzene rings is 1. The molecular weight excluding hydrogens is 285 g/mol. The van der Waals surface area contributed by atoms with Crippen LogP contribution in [0.2, 0.25) is 5.15 Å². The number of nitrogens with zero attached hydrogens (tertiary/aromatic N) is 2. The Labute approximate surface area is 119 Å². The molecule has 0 unspecified atom stereocenters. The van der Waals surface area contributed by atoms with E-state index in [2.05, 4.69) is 10.3 Å². The fraction of sp³-hybridized carbons (Fsp3) is 0.154. The Balaban J connectivity index is 1.97. The number of rotatable bonds is 5. The van der Waals surface area contributed by atoms with Gasteiger partial charge >= 0.3 is 0 Å². The van der Waals surface area contributed by atoms with Crippen LogP contribution in [0.5, 0.6) is 0 Å². The predicted molar refractivity (Wildman–Crippen MR) is 74.5 cm³/mol. The summed E-state index contributed by atoms with van der Waals surface area (Å²) in [7, 11) is 0. The van der Waals surface area contributed by atoms with Crippen LogP contribution in [0.4, 0.5) is 15.9 Å². The summed E-state index contributed by atoms with van der Waals surface area (Å²) in [5.41, 5.74) is 0.838. The summed E-state index contributed by atoms with van der Waals surface area (Å²) in [6, 6.07) is 8.65. The third-order valence-electron chi connectivity index (χ3n) is 2.62. The lowest BCUT2D eigenvalue weighted by Crippen LogP contribution is -2.07. The first-order valence-corrected chi connectivity index (χ1v) is 6.23. The zero-order chi connectivity index (χ0) is 14.5. The molecule has 0 aliphatic heterocycles. The van der Waals surface area contributed by atoms with Crippen molar-refractivity contribution in [3.63, 3.8) is 0 Å². The molecule has 1 aromatic heterocycles. The molecule has 20 heavy (non-hydrogen) atoms. The van der Waals surface area contributed by atoms with Gasteiger partial charge in [0.2, 0.25) is 0 Å². The number of hydrogen-bond acceptors (Lipinski definition) is 4. The van der Waals surface area contributed by atoms with E-state index >= 15 is 0 Å². The van der Waals surface area contributed by atoms with Crippen molar-refractivity contribution in [1.29, 1.82) is 0 Å². The van der Waals surface area contributed by atoms with Gasteiger partial charge in [-0.1, -0.05) is 23.7 Å². The number of anilines is 1. The summed E-state index contributed by atoms with van der Waals surface area (Å²) in [6.45, 7) is 0.510. The molecule has 5 nitrogen and oxygen atoms in total. The maximum atomic E-state index is 12.7. The second kappa shape index (κ2) is 6.29. The third kappa shape index (κ3) is 3.89. The molecule has 0 spiro atoms. The van der Waals surface area contributed by atoms with Crippen molar-refractivity contribution in [2.45, 2.75) is 6.42 Å². The first kappa shape index (κ1) is 14.2. The molecule has 0 saturated carbocycles. The van der Waals surface area contributed by atoms with Crippen LogP contribution in [-0.4, -0.2) is 16.5 Å². The molecule has 2 aromatic rings. The summed E-state index contributed by atoms with van der Waals surface area (Å²) >= 11 is 5.71. The molecule has 0 fully saturated rings. The van der Waals surface area contributed by atoms with Crippen LogP contribution < -0.4 is 5.32 Å². The normalized spacial score (nSPS) is 10.3. The number of hydrogen-bond donors (Lipinski definition) is 1. The van der Waals surface area contributed by atoms with Crippen LogP contribution in [0.25, 0.3) is 0 Å². The van der Waals surface area contributed by atoms with Crippen LogP contribution in [-0.2, 0) is 6.42 Å². The van der Waals surface area contributed by atoms with Gasteiger partial charge in [-0.3, -0.25) is 10.1 Å². The van der Waals surface area contributed by atoms with Crippen molar-refractivity contribution in [2.75, 3.05) is 11.9 Å². The number of pyridine rings is 1. The lowest BCUT2D eigenvalue weighted by molar-refractivity contribution is -0.384. The van der Waals surface area contributed by atoms with Gasteiger partial charge in [0.05, 0.1) is 17.1 Å². The Morgan fingerprint density at radius 3 is 2.65 bits per heavy atom. The van der Waals surface area contributed by atoms with Gasteiger partial charge in [0, 0.05) is 6.54 Å². The topological polar surface area (TPSA) is 68.1 Å². The molecule has 0 aliphatic carbocycles. The van der Waals surface area contributed by atoms with Crippen LogP contribution in [0, 0.1) is 15.9 Å². The number of halogens is 2.